The van der Waals surface area contributed by atoms with Crippen molar-refractivity contribution in [2.24, 2.45) is 0 Å². The van der Waals surface area contributed by atoms with Crippen molar-refractivity contribution in [3.05, 3.63) is 71.9 Å². The molecular formula is C18H21NO. The fourth-order valence-corrected chi connectivity index (χ4v) is 1.98. The summed E-state index contributed by atoms with van der Waals surface area (Å²) in [5.41, 5.74) is 3.63. The Hall–Kier alpha value is -2.22. The van der Waals surface area contributed by atoms with Crippen LogP contribution in [0.15, 0.2) is 66.4 Å². The molecule has 0 radical (unpaired) electrons. The van der Waals surface area contributed by atoms with Gasteiger partial charge in [-0.3, -0.25) is 0 Å². The lowest BCUT2D eigenvalue weighted by Gasteiger charge is -2.20. The van der Waals surface area contributed by atoms with Crippen LogP contribution in [-0.2, 0) is 0 Å². The fraction of sp³-hybridized carbons (Fsp3) is 0.222. The highest BCUT2D eigenvalue weighted by molar-refractivity contribution is 5.69. The van der Waals surface area contributed by atoms with Crippen LogP contribution in [0.1, 0.15) is 12.5 Å². The molecule has 0 unspecified atom stereocenters. The maximum Gasteiger partial charge on any atom is 0.119 e. The van der Waals surface area contributed by atoms with Gasteiger partial charge >= 0.3 is 0 Å². The second-order valence-electron chi connectivity index (χ2n) is 4.93. The molecule has 0 bridgehead atoms. The van der Waals surface area contributed by atoms with E-state index in [1.807, 2.05) is 36.4 Å². The third-order valence-corrected chi connectivity index (χ3v) is 3.36. The molecule has 2 aromatic rings. The van der Waals surface area contributed by atoms with E-state index in [0.717, 1.165) is 5.75 Å². The van der Waals surface area contributed by atoms with Crippen molar-refractivity contribution in [2.75, 3.05) is 20.7 Å². The predicted octanol–water partition coefficient (Wildman–Crippen LogP) is 4.06. The molecule has 0 saturated heterocycles. The second-order valence-corrected chi connectivity index (χ2v) is 4.93. The van der Waals surface area contributed by atoms with Crippen molar-refractivity contribution in [1.82, 2.24) is 4.90 Å². The number of hydrogen-bond donors (Lipinski definition) is 0. The lowest BCUT2D eigenvalue weighted by molar-refractivity contribution is 0.365. The highest BCUT2D eigenvalue weighted by Crippen LogP contribution is 2.21. The Balaban J connectivity index is 2.23. The van der Waals surface area contributed by atoms with Gasteiger partial charge in [0.25, 0.3) is 0 Å². The molecular weight excluding hydrogens is 246 g/mol. The van der Waals surface area contributed by atoms with Crippen LogP contribution in [0.4, 0.5) is 0 Å². The molecule has 0 heterocycles. The monoisotopic (exact) mass is 267 g/mol. The second kappa shape index (κ2) is 6.80. The molecule has 20 heavy (non-hydrogen) atoms. The number of allylic oxidation sites excluding steroid dienone is 1. The maximum atomic E-state index is 5.91. The average Bonchev–Trinajstić information content (AvgIpc) is 2.49. The van der Waals surface area contributed by atoms with Crippen molar-refractivity contribution < 1.29 is 4.74 Å². The van der Waals surface area contributed by atoms with E-state index in [0.29, 0.717) is 6.61 Å². The SMILES string of the molecule is CC(=C(COc1ccccc1)c1ccccc1)N(C)C. The molecule has 0 atom stereocenters. The summed E-state index contributed by atoms with van der Waals surface area (Å²) >= 11 is 0. The van der Waals surface area contributed by atoms with Gasteiger partial charge in [0.1, 0.15) is 12.4 Å². The standard InChI is InChI=1S/C18H21NO/c1-15(19(2)3)18(16-10-6-4-7-11-16)14-20-17-12-8-5-9-13-17/h4-13H,14H2,1-3H3. The normalized spacial score (nSPS) is 11.8. The van der Waals surface area contributed by atoms with Gasteiger partial charge in [0, 0.05) is 25.4 Å². The third-order valence-electron chi connectivity index (χ3n) is 3.36. The average molecular weight is 267 g/mol. The van der Waals surface area contributed by atoms with Crippen molar-refractivity contribution in [3.8, 4) is 5.75 Å². The van der Waals surface area contributed by atoms with E-state index in [4.69, 9.17) is 4.74 Å². The summed E-state index contributed by atoms with van der Waals surface area (Å²) in [7, 11) is 4.11. The van der Waals surface area contributed by atoms with E-state index in [2.05, 4.69) is 50.2 Å². The van der Waals surface area contributed by atoms with Gasteiger partial charge in [-0.15, -0.1) is 0 Å². The number of hydrogen-bond acceptors (Lipinski definition) is 2. The molecule has 0 aliphatic heterocycles. The van der Waals surface area contributed by atoms with Gasteiger partial charge in [0.05, 0.1) is 0 Å². The summed E-state index contributed by atoms with van der Waals surface area (Å²) in [5.74, 6) is 0.896. The van der Waals surface area contributed by atoms with Crippen molar-refractivity contribution >= 4 is 5.57 Å². The summed E-state index contributed by atoms with van der Waals surface area (Å²) < 4.78 is 5.91. The van der Waals surface area contributed by atoms with Crippen LogP contribution in [0, 0.1) is 0 Å². The van der Waals surface area contributed by atoms with Gasteiger partial charge in [0.15, 0.2) is 0 Å². The lowest BCUT2D eigenvalue weighted by Crippen LogP contribution is -2.14. The van der Waals surface area contributed by atoms with Gasteiger partial charge in [-0.25, -0.2) is 0 Å². The molecule has 0 aromatic heterocycles. The number of ether oxygens (including phenoxy) is 1. The third kappa shape index (κ3) is 3.64. The molecule has 0 aliphatic carbocycles. The number of para-hydroxylation sites is 1. The first kappa shape index (κ1) is 14.2. The van der Waals surface area contributed by atoms with Crippen LogP contribution in [0.25, 0.3) is 5.57 Å². The van der Waals surface area contributed by atoms with Crippen LogP contribution >= 0.6 is 0 Å². The van der Waals surface area contributed by atoms with Crippen LogP contribution in [-0.4, -0.2) is 25.6 Å². The molecule has 0 fully saturated rings. The van der Waals surface area contributed by atoms with Crippen LogP contribution in [0.3, 0.4) is 0 Å². The molecule has 0 N–H and O–H groups in total. The van der Waals surface area contributed by atoms with Crippen LogP contribution in [0.5, 0.6) is 5.75 Å². The largest absolute Gasteiger partial charge is 0.489 e. The van der Waals surface area contributed by atoms with Gasteiger partial charge in [-0.05, 0) is 24.6 Å². The Labute approximate surface area is 121 Å². The molecule has 0 amide bonds. The summed E-state index contributed by atoms with van der Waals surface area (Å²) in [4.78, 5) is 2.12. The maximum absolute atomic E-state index is 5.91. The van der Waals surface area contributed by atoms with Crippen molar-refractivity contribution in [1.29, 1.82) is 0 Å². The highest BCUT2D eigenvalue weighted by Gasteiger charge is 2.08. The Kier molecular flexibility index (Phi) is 4.83. The first-order valence-electron chi connectivity index (χ1n) is 6.79. The quantitative estimate of drug-likeness (QED) is 0.810. The highest BCUT2D eigenvalue weighted by atomic mass is 16.5. The number of nitrogens with zero attached hydrogens (tertiary/aromatic N) is 1. The summed E-state index contributed by atoms with van der Waals surface area (Å²) in [6.45, 7) is 2.69. The molecule has 0 spiro atoms. The van der Waals surface area contributed by atoms with Crippen LogP contribution in [0.2, 0.25) is 0 Å². The molecule has 0 saturated carbocycles. The lowest BCUT2D eigenvalue weighted by atomic mass is 10.0. The minimum Gasteiger partial charge on any atom is -0.489 e. The predicted molar refractivity (Wildman–Crippen MR) is 84.7 cm³/mol. The molecule has 2 heteroatoms. The zero-order chi connectivity index (χ0) is 14.4. The van der Waals surface area contributed by atoms with Gasteiger partial charge in [0.2, 0.25) is 0 Å². The van der Waals surface area contributed by atoms with Gasteiger partial charge < -0.3 is 9.64 Å². The number of rotatable bonds is 5. The Bertz CT molecular complexity index is 558. The Morgan fingerprint density at radius 2 is 1.45 bits per heavy atom. The molecule has 2 rings (SSSR count). The number of benzene rings is 2. The van der Waals surface area contributed by atoms with E-state index in [1.54, 1.807) is 0 Å². The topological polar surface area (TPSA) is 12.5 Å². The fourth-order valence-electron chi connectivity index (χ4n) is 1.98. The first-order valence-corrected chi connectivity index (χ1v) is 6.79. The molecule has 0 aliphatic rings. The molecule has 104 valence electrons. The molecule has 2 nitrogen and oxygen atoms in total. The van der Waals surface area contributed by atoms with Crippen LogP contribution < -0.4 is 4.74 Å². The van der Waals surface area contributed by atoms with Gasteiger partial charge in [-0.1, -0.05) is 48.5 Å². The van der Waals surface area contributed by atoms with Crippen molar-refractivity contribution in [2.45, 2.75) is 6.92 Å². The van der Waals surface area contributed by atoms with E-state index in [1.165, 1.54) is 16.8 Å². The first-order chi connectivity index (χ1) is 9.68. The van der Waals surface area contributed by atoms with E-state index >= 15 is 0 Å². The zero-order valence-corrected chi connectivity index (χ0v) is 12.3. The Morgan fingerprint density at radius 3 is 2.00 bits per heavy atom. The Morgan fingerprint density at radius 1 is 0.900 bits per heavy atom. The van der Waals surface area contributed by atoms with Crippen molar-refractivity contribution in [3.63, 3.8) is 0 Å². The van der Waals surface area contributed by atoms with E-state index in [9.17, 15) is 0 Å². The van der Waals surface area contributed by atoms with E-state index < -0.39 is 0 Å². The van der Waals surface area contributed by atoms with Gasteiger partial charge in [-0.2, -0.15) is 0 Å². The summed E-state index contributed by atoms with van der Waals surface area (Å²) in [6.07, 6.45) is 0. The van der Waals surface area contributed by atoms with E-state index in [-0.39, 0.29) is 0 Å². The summed E-state index contributed by atoms with van der Waals surface area (Å²) in [6, 6.07) is 20.3. The smallest absolute Gasteiger partial charge is 0.119 e. The summed E-state index contributed by atoms with van der Waals surface area (Å²) in [5, 5.41) is 0. The minimum absolute atomic E-state index is 0.568. The zero-order valence-electron chi connectivity index (χ0n) is 12.3. The molecule has 2 aromatic carbocycles. The minimum atomic E-state index is 0.568.